The van der Waals surface area contributed by atoms with E-state index in [4.69, 9.17) is 0 Å². The number of aromatic nitrogens is 2. The van der Waals surface area contributed by atoms with Crippen LogP contribution in [0.3, 0.4) is 0 Å². The van der Waals surface area contributed by atoms with Crippen LogP contribution in [0.25, 0.3) is 0 Å². The van der Waals surface area contributed by atoms with Gasteiger partial charge in [-0.1, -0.05) is 6.42 Å². The number of piperidine rings is 1. The van der Waals surface area contributed by atoms with Gasteiger partial charge < -0.3 is 10.2 Å². The Morgan fingerprint density at radius 1 is 1.32 bits per heavy atom. The molecule has 1 atom stereocenters. The van der Waals surface area contributed by atoms with Crippen LogP contribution < -0.4 is 5.32 Å². The smallest absolute Gasteiger partial charge is 0.236 e. The molecule has 0 aromatic carbocycles. The summed E-state index contributed by atoms with van der Waals surface area (Å²) in [6.45, 7) is 3.19. The zero-order valence-corrected chi connectivity index (χ0v) is 15.7. The minimum atomic E-state index is 0.00804. The molecule has 1 unspecified atom stereocenters. The number of aryl methyl sites for hydroxylation is 2. The molecule has 1 N–H and O–H groups in total. The number of hydrogen-bond acceptors (Lipinski definition) is 5. The molecule has 7 heteroatoms. The van der Waals surface area contributed by atoms with Gasteiger partial charge in [-0.3, -0.25) is 14.5 Å². The summed E-state index contributed by atoms with van der Waals surface area (Å²) in [6.07, 6.45) is 4.24. The molecule has 1 aliphatic rings. The lowest BCUT2D eigenvalue weighted by molar-refractivity contribution is -0.131. The predicted molar refractivity (Wildman–Crippen MR) is 96.0 cm³/mol. The van der Waals surface area contributed by atoms with E-state index >= 15 is 0 Å². The van der Waals surface area contributed by atoms with Gasteiger partial charge in [0, 0.05) is 33.3 Å². The Kier molecular flexibility index (Phi) is 6.87. The molecule has 0 radical (unpaired) electrons. The van der Waals surface area contributed by atoms with E-state index in [1.807, 2.05) is 13.0 Å². The largest absolute Gasteiger partial charge is 0.359 e. The van der Waals surface area contributed by atoms with Crippen molar-refractivity contribution < 1.29 is 9.59 Å². The number of likely N-dealkylation sites (tertiary alicyclic amines) is 1. The molecule has 0 saturated carbocycles. The molecular formula is C18H29N5O2. The summed E-state index contributed by atoms with van der Waals surface area (Å²) in [5, 5.41) is 2.63. The molecule has 0 spiro atoms. The van der Waals surface area contributed by atoms with E-state index < -0.39 is 0 Å². The maximum Gasteiger partial charge on any atom is 0.236 e. The van der Waals surface area contributed by atoms with Gasteiger partial charge in [-0.2, -0.15) is 0 Å². The summed E-state index contributed by atoms with van der Waals surface area (Å²) in [5.41, 5.74) is 1.85. The van der Waals surface area contributed by atoms with Crippen molar-refractivity contribution in [1.29, 1.82) is 0 Å². The Morgan fingerprint density at radius 2 is 2.08 bits per heavy atom. The molecule has 2 rings (SSSR count). The quantitative estimate of drug-likeness (QED) is 0.833. The van der Waals surface area contributed by atoms with Gasteiger partial charge in [0.2, 0.25) is 11.8 Å². The van der Waals surface area contributed by atoms with E-state index in [0.717, 1.165) is 37.2 Å². The van der Waals surface area contributed by atoms with Crippen molar-refractivity contribution in [3.63, 3.8) is 0 Å². The van der Waals surface area contributed by atoms with Crippen LogP contribution in [0, 0.1) is 6.92 Å². The average molecular weight is 347 g/mol. The van der Waals surface area contributed by atoms with Crippen molar-refractivity contribution >= 4 is 11.8 Å². The number of nitrogens with zero attached hydrogens (tertiary/aromatic N) is 4. The van der Waals surface area contributed by atoms with Gasteiger partial charge in [-0.25, -0.2) is 9.97 Å². The minimum absolute atomic E-state index is 0.00804. The van der Waals surface area contributed by atoms with Gasteiger partial charge in [-0.15, -0.1) is 0 Å². The Balaban J connectivity index is 2.17. The van der Waals surface area contributed by atoms with Crippen LogP contribution in [-0.4, -0.2) is 65.8 Å². The molecule has 138 valence electrons. The van der Waals surface area contributed by atoms with Crippen LogP contribution >= 0.6 is 0 Å². The Labute approximate surface area is 149 Å². The standard InChI is InChI=1S/C18H29N5O2/c1-13-20-14(8-9-17(24)19-2)11-15(21-13)16-7-5-6-10-23(16)12-18(25)22(3)4/h11,16H,5-10,12H2,1-4H3,(H,19,24). The second-order valence-corrected chi connectivity index (χ2v) is 6.77. The minimum Gasteiger partial charge on any atom is -0.359 e. The Hall–Kier alpha value is -2.02. The fourth-order valence-electron chi connectivity index (χ4n) is 3.15. The molecule has 1 aliphatic heterocycles. The highest BCUT2D eigenvalue weighted by Gasteiger charge is 2.27. The molecule has 0 bridgehead atoms. The summed E-state index contributed by atoms with van der Waals surface area (Å²) >= 11 is 0. The van der Waals surface area contributed by atoms with E-state index in [1.54, 1.807) is 26.0 Å². The van der Waals surface area contributed by atoms with Crippen LogP contribution in [0.2, 0.25) is 0 Å². The van der Waals surface area contributed by atoms with E-state index in [0.29, 0.717) is 25.2 Å². The zero-order chi connectivity index (χ0) is 18.4. The highest BCUT2D eigenvalue weighted by molar-refractivity contribution is 5.77. The Bertz CT molecular complexity index is 617. The number of amides is 2. The van der Waals surface area contributed by atoms with Gasteiger partial charge in [0.05, 0.1) is 18.3 Å². The predicted octanol–water partition coefficient (Wildman–Crippen LogP) is 1.08. The van der Waals surface area contributed by atoms with Crippen molar-refractivity contribution in [1.82, 2.24) is 25.1 Å². The third kappa shape index (κ3) is 5.49. The van der Waals surface area contributed by atoms with Gasteiger partial charge in [0.15, 0.2) is 0 Å². The van der Waals surface area contributed by atoms with E-state index in [9.17, 15) is 9.59 Å². The Morgan fingerprint density at radius 3 is 2.76 bits per heavy atom. The fraction of sp³-hybridized carbons (Fsp3) is 0.667. The third-order valence-electron chi connectivity index (χ3n) is 4.59. The lowest BCUT2D eigenvalue weighted by Gasteiger charge is -2.35. The van der Waals surface area contributed by atoms with E-state index in [-0.39, 0.29) is 17.9 Å². The van der Waals surface area contributed by atoms with Crippen LogP contribution in [0.5, 0.6) is 0 Å². The molecular weight excluding hydrogens is 318 g/mol. The van der Waals surface area contributed by atoms with Crippen molar-refractivity contribution in [2.45, 2.75) is 45.1 Å². The first kappa shape index (κ1) is 19.3. The molecule has 1 fully saturated rings. The molecule has 1 saturated heterocycles. The first-order valence-electron chi connectivity index (χ1n) is 8.90. The van der Waals surface area contributed by atoms with Crippen molar-refractivity contribution in [2.24, 2.45) is 0 Å². The second-order valence-electron chi connectivity index (χ2n) is 6.77. The maximum atomic E-state index is 12.1. The summed E-state index contributed by atoms with van der Waals surface area (Å²) < 4.78 is 0. The van der Waals surface area contributed by atoms with Crippen LogP contribution in [0.15, 0.2) is 6.07 Å². The highest BCUT2D eigenvalue weighted by Crippen LogP contribution is 2.30. The monoisotopic (exact) mass is 347 g/mol. The molecule has 7 nitrogen and oxygen atoms in total. The van der Waals surface area contributed by atoms with Crippen LogP contribution in [0.1, 0.15) is 48.9 Å². The first-order chi connectivity index (χ1) is 11.9. The average Bonchev–Trinajstić information content (AvgIpc) is 2.59. The van der Waals surface area contributed by atoms with Crippen LogP contribution in [-0.2, 0) is 16.0 Å². The van der Waals surface area contributed by atoms with Gasteiger partial charge in [0.1, 0.15) is 5.82 Å². The van der Waals surface area contributed by atoms with Crippen molar-refractivity contribution in [3.8, 4) is 0 Å². The topological polar surface area (TPSA) is 78.4 Å². The lowest BCUT2D eigenvalue weighted by atomic mass is 9.98. The maximum absolute atomic E-state index is 12.1. The second kappa shape index (κ2) is 8.89. The van der Waals surface area contributed by atoms with Crippen molar-refractivity contribution in [2.75, 3.05) is 34.2 Å². The summed E-state index contributed by atoms with van der Waals surface area (Å²) in [6, 6.07) is 2.14. The van der Waals surface area contributed by atoms with Crippen molar-refractivity contribution in [3.05, 3.63) is 23.3 Å². The number of carbonyl (C=O) groups is 2. The SMILES string of the molecule is CNC(=O)CCc1cc(C2CCCCN2CC(=O)N(C)C)nc(C)n1. The van der Waals surface area contributed by atoms with E-state index in [2.05, 4.69) is 20.2 Å². The summed E-state index contributed by atoms with van der Waals surface area (Å²) in [7, 11) is 5.21. The highest BCUT2D eigenvalue weighted by atomic mass is 16.2. The number of rotatable bonds is 6. The molecule has 1 aromatic heterocycles. The lowest BCUT2D eigenvalue weighted by Crippen LogP contribution is -2.41. The third-order valence-corrected chi connectivity index (χ3v) is 4.59. The van der Waals surface area contributed by atoms with Crippen LogP contribution in [0.4, 0.5) is 0 Å². The van der Waals surface area contributed by atoms with Gasteiger partial charge in [-0.05, 0) is 38.8 Å². The normalized spacial score (nSPS) is 18.0. The fourth-order valence-corrected chi connectivity index (χ4v) is 3.15. The molecule has 2 amide bonds. The number of nitrogens with one attached hydrogen (secondary N) is 1. The molecule has 2 heterocycles. The number of likely N-dealkylation sites (N-methyl/N-ethyl adjacent to an activating group) is 1. The molecule has 25 heavy (non-hydrogen) atoms. The number of hydrogen-bond donors (Lipinski definition) is 1. The van der Waals surface area contributed by atoms with E-state index in [1.165, 1.54) is 0 Å². The molecule has 0 aliphatic carbocycles. The number of carbonyl (C=O) groups excluding carboxylic acids is 2. The summed E-state index contributed by atoms with van der Waals surface area (Å²) in [5.74, 6) is 0.833. The first-order valence-corrected chi connectivity index (χ1v) is 8.90. The van der Waals surface area contributed by atoms with Gasteiger partial charge >= 0.3 is 0 Å². The molecule has 1 aromatic rings. The zero-order valence-electron chi connectivity index (χ0n) is 15.7. The van der Waals surface area contributed by atoms with Gasteiger partial charge in [0.25, 0.3) is 0 Å². The summed E-state index contributed by atoms with van der Waals surface area (Å²) in [4.78, 5) is 36.6.